The molecule has 0 saturated carbocycles. The van der Waals surface area contributed by atoms with E-state index in [-0.39, 0.29) is 11.2 Å². The number of Topliss-reactive ketones (excluding diaryl/α,β-unsaturated/α-hetero) is 1. The van der Waals surface area contributed by atoms with Gasteiger partial charge in [0.05, 0.1) is 10.0 Å². The summed E-state index contributed by atoms with van der Waals surface area (Å²) in [5, 5.41) is 1.01. The van der Waals surface area contributed by atoms with E-state index in [1.807, 2.05) is 6.07 Å². The van der Waals surface area contributed by atoms with E-state index in [4.69, 9.17) is 28.9 Å². The highest BCUT2D eigenvalue weighted by atomic mass is 35.5. The largest absolute Gasteiger partial charge is 0.330 e. The standard InChI is InChI=1S/C15H21Cl2NO/c1-15(2,7-8-18)6-5-12(19)9-11-3-4-13(16)14(17)10-11/h3-4,10H,5-9,18H2,1-2H3. The number of nitrogens with two attached hydrogens (primary N) is 1. The maximum absolute atomic E-state index is 12.0. The van der Waals surface area contributed by atoms with Crippen LogP contribution in [-0.2, 0) is 11.2 Å². The lowest BCUT2D eigenvalue weighted by molar-refractivity contribution is -0.119. The van der Waals surface area contributed by atoms with Gasteiger partial charge in [-0.1, -0.05) is 43.1 Å². The van der Waals surface area contributed by atoms with E-state index in [9.17, 15) is 4.79 Å². The molecule has 2 N–H and O–H groups in total. The minimum Gasteiger partial charge on any atom is -0.330 e. The Balaban J connectivity index is 2.49. The number of benzene rings is 1. The van der Waals surface area contributed by atoms with Crippen molar-refractivity contribution in [3.8, 4) is 0 Å². The lowest BCUT2D eigenvalue weighted by Gasteiger charge is -2.23. The van der Waals surface area contributed by atoms with Gasteiger partial charge < -0.3 is 5.73 Å². The van der Waals surface area contributed by atoms with E-state index >= 15 is 0 Å². The Morgan fingerprint density at radius 1 is 1.21 bits per heavy atom. The molecule has 1 aromatic rings. The summed E-state index contributed by atoms with van der Waals surface area (Å²) in [6, 6.07) is 5.33. The zero-order chi connectivity index (χ0) is 14.5. The quantitative estimate of drug-likeness (QED) is 0.817. The lowest BCUT2D eigenvalue weighted by atomic mass is 9.83. The smallest absolute Gasteiger partial charge is 0.137 e. The van der Waals surface area contributed by atoms with Crippen LogP contribution in [0.4, 0.5) is 0 Å². The van der Waals surface area contributed by atoms with Gasteiger partial charge in [0.15, 0.2) is 0 Å². The summed E-state index contributed by atoms with van der Waals surface area (Å²) in [5.74, 6) is 0.225. The predicted octanol–water partition coefficient (Wildman–Crippen LogP) is 4.26. The molecule has 0 aliphatic carbocycles. The molecule has 106 valence electrons. The van der Waals surface area contributed by atoms with Gasteiger partial charge in [-0.05, 0) is 42.5 Å². The van der Waals surface area contributed by atoms with Crippen LogP contribution in [0, 0.1) is 5.41 Å². The first kappa shape index (κ1) is 16.5. The van der Waals surface area contributed by atoms with Crippen molar-refractivity contribution in [3.63, 3.8) is 0 Å². The molecular formula is C15H21Cl2NO. The van der Waals surface area contributed by atoms with Crippen LogP contribution in [0.3, 0.4) is 0 Å². The SMILES string of the molecule is CC(C)(CCN)CCC(=O)Cc1ccc(Cl)c(Cl)c1. The van der Waals surface area contributed by atoms with Crippen molar-refractivity contribution in [1.82, 2.24) is 0 Å². The van der Waals surface area contributed by atoms with Crippen LogP contribution in [0.1, 0.15) is 38.7 Å². The minimum absolute atomic E-state index is 0.127. The first-order valence-corrected chi connectivity index (χ1v) is 7.25. The zero-order valence-electron chi connectivity index (χ0n) is 11.5. The summed E-state index contributed by atoms with van der Waals surface area (Å²) in [6.45, 7) is 4.95. The second-order valence-electron chi connectivity index (χ2n) is 5.67. The van der Waals surface area contributed by atoms with Gasteiger partial charge in [-0.25, -0.2) is 0 Å². The summed E-state index contributed by atoms with van der Waals surface area (Å²) in [5.41, 5.74) is 6.60. The van der Waals surface area contributed by atoms with Crippen molar-refractivity contribution in [2.75, 3.05) is 6.54 Å². The molecule has 1 aromatic carbocycles. The van der Waals surface area contributed by atoms with E-state index in [0.717, 1.165) is 18.4 Å². The molecule has 0 amide bonds. The fourth-order valence-corrected chi connectivity index (χ4v) is 2.28. The van der Waals surface area contributed by atoms with Gasteiger partial charge in [-0.15, -0.1) is 0 Å². The zero-order valence-corrected chi connectivity index (χ0v) is 13.0. The van der Waals surface area contributed by atoms with Crippen LogP contribution >= 0.6 is 23.2 Å². The number of hydrogen-bond acceptors (Lipinski definition) is 2. The maximum atomic E-state index is 12.0. The molecule has 0 bridgehead atoms. The number of carbonyl (C=O) groups excluding carboxylic acids is 1. The normalized spacial score (nSPS) is 11.6. The Hall–Kier alpha value is -0.570. The van der Waals surface area contributed by atoms with Crippen LogP contribution in [0.5, 0.6) is 0 Å². The summed E-state index contributed by atoms with van der Waals surface area (Å²) in [4.78, 5) is 12.0. The van der Waals surface area contributed by atoms with E-state index < -0.39 is 0 Å². The summed E-state index contributed by atoms with van der Waals surface area (Å²) in [7, 11) is 0. The van der Waals surface area contributed by atoms with Crippen LogP contribution < -0.4 is 5.73 Å². The Labute approximate surface area is 125 Å². The molecule has 0 aliphatic rings. The molecule has 19 heavy (non-hydrogen) atoms. The molecule has 0 unspecified atom stereocenters. The van der Waals surface area contributed by atoms with Crippen LogP contribution in [-0.4, -0.2) is 12.3 Å². The average Bonchev–Trinajstić information content (AvgIpc) is 2.32. The van der Waals surface area contributed by atoms with Gasteiger partial charge in [-0.2, -0.15) is 0 Å². The Bertz CT molecular complexity index is 444. The molecule has 0 fully saturated rings. The Kier molecular flexibility index (Phi) is 6.31. The molecular weight excluding hydrogens is 281 g/mol. The molecule has 0 spiro atoms. The summed E-state index contributed by atoms with van der Waals surface area (Å²) < 4.78 is 0. The monoisotopic (exact) mass is 301 g/mol. The predicted molar refractivity (Wildman–Crippen MR) is 81.9 cm³/mol. The van der Waals surface area contributed by atoms with Crippen molar-refractivity contribution < 1.29 is 4.79 Å². The molecule has 0 radical (unpaired) electrons. The Morgan fingerprint density at radius 3 is 2.47 bits per heavy atom. The summed E-state index contributed by atoms with van der Waals surface area (Å²) >= 11 is 11.8. The molecule has 4 heteroatoms. The van der Waals surface area contributed by atoms with E-state index in [2.05, 4.69) is 13.8 Å². The van der Waals surface area contributed by atoms with Crippen molar-refractivity contribution in [3.05, 3.63) is 33.8 Å². The maximum Gasteiger partial charge on any atom is 0.137 e. The van der Waals surface area contributed by atoms with Gasteiger partial charge >= 0.3 is 0 Å². The van der Waals surface area contributed by atoms with Crippen molar-refractivity contribution >= 4 is 29.0 Å². The summed E-state index contributed by atoms with van der Waals surface area (Å²) in [6.07, 6.45) is 2.79. The van der Waals surface area contributed by atoms with Crippen molar-refractivity contribution in [2.45, 2.75) is 39.5 Å². The molecule has 0 aromatic heterocycles. The first-order valence-electron chi connectivity index (χ1n) is 6.50. The van der Waals surface area contributed by atoms with Gasteiger partial charge in [0.2, 0.25) is 0 Å². The number of halogens is 2. The number of hydrogen-bond donors (Lipinski definition) is 1. The third kappa shape index (κ3) is 5.94. The third-order valence-electron chi connectivity index (χ3n) is 3.29. The van der Waals surface area contributed by atoms with E-state index in [0.29, 0.717) is 29.4 Å². The van der Waals surface area contributed by atoms with Crippen molar-refractivity contribution in [2.24, 2.45) is 11.1 Å². The van der Waals surface area contributed by atoms with Crippen LogP contribution in [0.2, 0.25) is 10.0 Å². The second kappa shape index (κ2) is 7.28. The molecule has 0 atom stereocenters. The molecule has 0 aliphatic heterocycles. The fraction of sp³-hybridized carbons (Fsp3) is 0.533. The number of ketones is 1. The molecule has 0 saturated heterocycles. The topological polar surface area (TPSA) is 43.1 Å². The highest BCUT2D eigenvalue weighted by Gasteiger charge is 2.18. The number of rotatable bonds is 7. The fourth-order valence-electron chi connectivity index (χ4n) is 1.96. The lowest BCUT2D eigenvalue weighted by Crippen LogP contribution is -2.18. The van der Waals surface area contributed by atoms with E-state index in [1.54, 1.807) is 12.1 Å². The highest BCUT2D eigenvalue weighted by Crippen LogP contribution is 2.27. The van der Waals surface area contributed by atoms with Gasteiger partial charge in [-0.3, -0.25) is 4.79 Å². The van der Waals surface area contributed by atoms with Crippen LogP contribution in [0.25, 0.3) is 0 Å². The minimum atomic E-state index is 0.127. The third-order valence-corrected chi connectivity index (χ3v) is 4.03. The molecule has 0 heterocycles. The number of carbonyl (C=O) groups is 1. The van der Waals surface area contributed by atoms with Gasteiger partial charge in [0.1, 0.15) is 5.78 Å². The Morgan fingerprint density at radius 2 is 1.89 bits per heavy atom. The van der Waals surface area contributed by atoms with Crippen LogP contribution in [0.15, 0.2) is 18.2 Å². The first-order chi connectivity index (χ1) is 8.84. The average molecular weight is 302 g/mol. The molecule has 1 rings (SSSR count). The highest BCUT2D eigenvalue weighted by molar-refractivity contribution is 6.42. The van der Waals surface area contributed by atoms with Gasteiger partial charge in [0.25, 0.3) is 0 Å². The van der Waals surface area contributed by atoms with E-state index in [1.165, 1.54) is 0 Å². The van der Waals surface area contributed by atoms with Crippen molar-refractivity contribution in [1.29, 1.82) is 0 Å². The molecule has 2 nitrogen and oxygen atoms in total. The van der Waals surface area contributed by atoms with Gasteiger partial charge in [0, 0.05) is 12.8 Å². The second-order valence-corrected chi connectivity index (χ2v) is 6.48.